The predicted molar refractivity (Wildman–Crippen MR) is 53.9 cm³/mol. The van der Waals surface area contributed by atoms with Crippen LogP contribution < -0.4 is 0 Å². The zero-order valence-corrected chi connectivity index (χ0v) is 8.93. The summed E-state index contributed by atoms with van der Waals surface area (Å²) in [5.74, 6) is 0. The Bertz CT molecular complexity index is 310. The van der Waals surface area contributed by atoms with Crippen LogP contribution in [0.25, 0.3) is 0 Å². The number of fused-ring (bicyclic) bond motifs is 1. The van der Waals surface area contributed by atoms with Gasteiger partial charge >= 0.3 is 0 Å². The number of hydrogen-bond acceptors (Lipinski definition) is 5. The Morgan fingerprint density at radius 3 is 2.73 bits per heavy atom. The average molecular weight is 212 g/mol. The molecule has 6 nitrogen and oxygen atoms in total. The molecule has 5 atom stereocenters. The monoisotopic (exact) mass is 212 g/mol. The van der Waals surface area contributed by atoms with E-state index in [9.17, 15) is 10.1 Å². The third kappa shape index (κ3) is 1.28. The van der Waals surface area contributed by atoms with Gasteiger partial charge < -0.3 is 0 Å². The third-order valence-electron chi connectivity index (χ3n) is 3.85. The van der Waals surface area contributed by atoms with Crippen LogP contribution in [-0.4, -0.2) is 70.7 Å². The maximum atomic E-state index is 11.2. The van der Waals surface area contributed by atoms with Gasteiger partial charge in [-0.3, -0.25) is 24.8 Å². The summed E-state index contributed by atoms with van der Waals surface area (Å²) in [6.45, 7) is 6.79. The summed E-state index contributed by atoms with van der Waals surface area (Å²) in [4.78, 5) is 17.8. The van der Waals surface area contributed by atoms with Gasteiger partial charge in [-0.25, -0.2) is 0 Å². The largest absolute Gasteiger partial charge is 0.282 e. The fraction of sp³-hybridized carbons (Fsp3) is 1.00. The third-order valence-corrected chi connectivity index (χ3v) is 3.85. The molecule has 0 aromatic heterocycles. The Morgan fingerprint density at radius 2 is 2.00 bits per heavy atom. The van der Waals surface area contributed by atoms with Gasteiger partial charge in [-0.05, 0) is 6.92 Å². The molecule has 0 spiro atoms. The van der Waals surface area contributed by atoms with Gasteiger partial charge in [0.25, 0.3) is 5.54 Å². The van der Waals surface area contributed by atoms with Crippen molar-refractivity contribution in [2.45, 2.75) is 18.5 Å². The molecule has 4 aliphatic heterocycles. The van der Waals surface area contributed by atoms with Crippen LogP contribution in [0.15, 0.2) is 0 Å². The molecule has 15 heavy (non-hydrogen) atoms. The standard InChI is InChI=1S/C9H16N4O2/c1-8-2-10-3-9(13(14)15)4-11(6-10)7-12(8)5-9/h8H,2-7H2,1H3/t8-,9+/m0/s1. The summed E-state index contributed by atoms with van der Waals surface area (Å²) in [7, 11) is 0. The van der Waals surface area contributed by atoms with Gasteiger partial charge in [0.05, 0.1) is 33.0 Å². The molecule has 4 heterocycles. The highest BCUT2D eigenvalue weighted by atomic mass is 16.6. The molecule has 0 radical (unpaired) electrons. The summed E-state index contributed by atoms with van der Waals surface area (Å²) in [5.41, 5.74) is -0.735. The van der Waals surface area contributed by atoms with E-state index < -0.39 is 5.54 Å². The minimum absolute atomic E-state index is 0.0592. The number of hydrogen-bond donors (Lipinski definition) is 0. The highest BCUT2D eigenvalue weighted by molar-refractivity contribution is 5.01. The van der Waals surface area contributed by atoms with Gasteiger partial charge in [-0.1, -0.05) is 0 Å². The zero-order valence-electron chi connectivity index (χ0n) is 8.93. The van der Waals surface area contributed by atoms with Crippen molar-refractivity contribution in [3.8, 4) is 0 Å². The van der Waals surface area contributed by atoms with Crippen molar-refractivity contribution in [3.63, 3.8) is 0 Å². The Labute approximate surface area is 88.6 Å². The van der Waals surface area contributed by atoms with Gasteiger partial charge in [-0.15, -0.1) is 0 Å². The lowest BCUT2D eigenvalue weighted by atomic mass is 9.95. The summed E-state index contributed by atoms with van der Waals surface area (Å²) < 4.78 is 0. The summed E-state index contributed by atoms with van der Waals surface area (Å²) in [6.07, 6.45) is 0. The van der Waals surface area contributed by atoms with Crippen molar-refractivity contribution in [1.29, 1.82) is 0 Å². The molecule has 0 aliphatic carbocycles. The smallest absolute Gasteiger partial charge is 0.259 e. The molecule has 3 unspecified atom stereocenters. The van der Waals surface area contributed by atoms with Crippen LogP contribution in [0.2, 0.25) is 0 Å². The van der Waals surface area contributed by atoms with Crippen molar-refractivity contribution in [3.05, 3.63) is 10.1 Å². The van der Waals surface area contributed by atoms with E-state index in [4.69, 9.17) is 0 Å². The first-order valence-electron chi connectivity index (χ1n) is 5.42. The molecular weight excluding hydrogens is 196 g/mol. The van der Waals surface area contributed by atoms with Gasteiger partial charge in [0.2, 0.25) is 0 Å². The average Bonchev–Trinajstić information content (AvgIpc) is 2.30. The highest BCUT2D eigenvalue weighted by Crippen LogP contribution is 2.30. The van der Waals surface area contributed by atoms with Crippen molar-refractivity contribution in [1.82, 2.24) is 14.7 Å². The second-order valence-corrected chi connectivity index (χ2v) is 5.20. The maximum Gasteiger partial charge on any atom is 0.259 e. The van der Waals surface area contributed by atoms with Crippen molar-refractivity contribution < 1.29 is 4.92 Å². The molecule has 0 aromatic rings. The summed E-state index contributed by atoms with van der Waals surface area (Å²) in [5, 5.41) is 11.2. The molecule has 84 valence electrons. The Balaban J connectivity index is 1.98. The Kier molecular flexibility index (Phi) is 1.84. The topological polar surface area (TPSA) is 52.9 Å². The number of nitrogens with zero attached hydrogens (tertiary/aromatic N) is 4. The minimum Gasteiger partial charge on any atom is -0.282 e. The van der Waals surface area contributed by atoms with Crippen LogP contribution >= 0.6 is 0 Å². The first-order valence-corrected chi connectivity index (χ1v) is 5.42. The normalized spacial score (nSPS) is 52.9. The SMILES string of the molecule is C[C@H]1CN2CN3CN1C[C@@]([N+](=O)[O-])(C2)C3. The second-order valence-electron chi connectivity index (χ2n) is 5.20. The fourth-order valence-corrected chi connectivity index (χ4v) is 3.22. The first-order chi connectivity index (χ1) is 7.09. The van der Waals surface area contributed by atoms with E-state index in [0.717, 1.165) is 19.9 Å². The molecule has 4 saturated heterocycles. The van der Waals surface area contributed by atoms with Crippen molar-refractivity contribution >= 4 is 0 Å². The van der Waals surface area contributed by atoms with E-state index in [1.807, 2.05) is 0 Å². The van der Waals surface area contributed by atoms with E-state index in [1.54, 1.807) is 0 Å². The second kappa shape index (κ2) is 2.90. The number of rotatable bonds is 1. The van der Waals surface area contributed by atoms with Crippen LogP contribution in [-0.2, 0) is 0 Å². The highest BCUT2D eigenvalue weighted by Gasteiger charge is 2.56. The maximum absolute atomic E-state index is 11.2. The first kappa shape index (κ1) is 9.50. The molecule has 0 aromatic carbocycles. The van der Waals surface area contributed by atoms with E-state index in [0.29, 0.717) is 25.7 Å². The Morgan fingerprint density at radius 1 is 1.27 bits per heavy atom. The molecule has 4 bridgehead atoms. The summed E-state index contributed by atoms with van der Waals surface area (Å²) in [6, 6.07) is 0.442. The van der Waals surface area contributed by atoms with Crippen molar-refractivity contribution in [2.24, 2.45) is 0 Å². The van der Waals surface area contributed by atoms with Gasteiger partial charge in [0.1, 0.15) is 0 Å². The molecule has 6 heteroatoms. The van der Waals surface area contributed by atoms with Crippen LogP contribution in [0.1, 0.15) is 6.92 Å². The molecule has 0 saturated carbocycles. The molecular formula is C9H16N4O2. The lowest BCUT2D eigenvalue weighted by molar-refractivity contribution is -0.579. The number of nitro groups is 1. The van der Waals surface area contributed by atoms with Crippen LogP contribution in [0.4, 0.5) is 0 Å². The quantitative estimate of drug-likeness (QED) is 0.423. The van der Waals surface area contributed by atoms with Gasteiger partial charge in [0.15, 0.2) is 0 Å². The van der Waals surface area contributed by atoms with E-state index in [2.05, 4.69) is 21.6 Å². The Hall–Kier alpha value is -0.720. The van der Waals surface area contributed by atoms with Crippen LogP contribution in [0.5, 0.6) is 0 Å². The molecule has 4 aliphatic rings. The van der Waals surface area contributed by atoms with Crippen molar-refractivity contribution in [2.75, 3.05) is 39.5 Å². The predicted octanol–water partition coefficient (Wildman–Crippen LogP) is -0.748. The van der Waals surface area contributed by atoms with E-state index in [1.165, 1.54) is 0 Å². The molecule has 4 fully saturated rings. The fourth-order valence-electron chi connectivity index (χ4n) is 3.22. The lowest BCUT2D eigenvalue weighted by Crippen LogP contribution is -2.69. The zero-order chi connectivity index (χ0) is 10.6. The molecule has 4 rings (SSSR count). The molecule has 0 amide bonds. The van der Waals surface area contributed by atoms with Gasteiger partial charge in [0, 0.05) is 17.5 Å². The lowest BCUT2D eigenvalue weighted by Gasteiger charge is -2.46. The van der Waals surface area contributed by atoms with Gasteiger partial charge in [-0.2, -0.15) is 0 Å². The van der Waals surface area contributed by atoms with Crippen LogP contribution in [0, 0.1) is 10.1 Å². The van der Waals surface area contributed by atoms with E-state index >= 15 is 0 Å². The molecule has 0 N–H and O–H groups in total. The van der Waals surface area contributed by atoms with E-state index in [-0.39, 0.29) is 4.92 Å². The minimum atomic E-state index is -0.735. The summed E-state index contributed by atoms with van der Waals surface area (Å²) >= 11 is 0. The van der Waals surface area contributed by atoms with Crippen LogP contribution in [0.3, 0.4) is 0 Å².